The number of aromatic hydroxyl groups is 1. The van der Waals surface area contributed by atoms with Gasteiger partial charge in [-0.05, 0) is 24.6 Å². The van der Waals surface area contributed by atoms with Crippen LogP contribution in [-0.2, 0) is 27.9 Å². The average Bonchev–Trinajstić information content (AvgIpc) is 3.17. The van der Waals surface area contributed by atoms with Gasteiger partial charge in [0.2, 0.25) is 12.2 Å². The van der Waals surface area contributed by atoms with E-state index < -0.39 is 19.1 Å². The number of hydrogen-bond donors (Lipinski definition) is 2. The minimum atomic E-state index is -6.00. The maximum Gasteiger partial charge on any atom is 0.673 e. The number of hydrogen-bond acceptors (Lipinski definition) is 7. The molecule has 1 atom stereocenters. The molecule has 188 valence electrons. The van der Waals surface area contributed by atoms with Crippen molar-refractivity contribution in [1.82, 2.24) is 4.57 Å². The minimum Gasteiger partial charge on any atom is -0.504 e. The van der Waals surface area contributed by atoms with Crippen molar-refractivity contribution in [3.8, 4) is 17.6 Å². The number of ether oxygens (including phenoxy) is 3. The Morgan fingerprint density at radius 1 is 1.37 bits per heavy atom. The minimum absolute atomic E-state index is 0.0616. The summed E-state index contributed by atoms with van der Waals surface area (Å²) in [7, 11) is -2.69. The number of esters is 1. The van der Waals surface area contributed by atoms with Gasteiger partial charge in [0.25, 0.3) is 0 Å². The molecule has 0 aliphatic carbocycles. The molecule has 1 aromatic heterocycles. The number of phenolic OH excluding ortho intramolecular Hbond substituents is 1. The molecule has 1 unspecified atom stereocenters. The van der Waals surface area contributed by atoms with Crippen molar-refractivity contribution in [1.29, 1.82) is 5.26 Å². The number of nitriles is 1. The van der Waals surface area contributed by atoms with Crippen molar-refractivity contribution in [3.05, 3.63) is 65.3 Å². The third-order valence-corrected chi connectivity index (χ3v) is 4.77. The molecule has 9 nitrogen and oxygen atoms in total. The zero-order valence-electron chi connectivity index (χ0n) is 19.0. The van der Waals surface area contributed by atoms with E-state index in [1.54, 1.807) is 19.1 Å². The van der Waals surface area contributed by atoms with Crippen LogP contribution < -0.4 is 15.0 Å². The molecular weight excluding hydrogens is 475 g/mol. The Kier molecular flexibility index (Phi) is 8.77. The average molecular weight is 498 g/mol. The first-order valence-corrected chi connectivity index (χ1v) is 10.1. The fourth-order valence-corrected chi connectivity index (χ4v) is 3.31. The first kappa shape index (κ1) is 27.1. The van der Waals surface area contributed by atoms with Crippen LogP contribution >= 0.6 is 0 Å². The van der Waals surface area contributed by atoms with E-state index in [1.165, 1.54) is 13.2 Å². The largest absolute Gasteiger partial charge is 0.673 e. The third-order valence-electron chi connectivity index (χ3n) is 4.77. The summed E-state index contributed by atoms with van der Waals surface area (Å²) in [5.74, 6) is -1.10. The molecule has 2 heterocycles. The number of rotatable bonds is 6. The van der Waals surface area contributed by atoms with Gasteiger partial charge < -0.3 is 42.3 Å². The second-order valence-electron chi connectivity index (χ2n) is 7.27. The van der Waals surface area contributed by atoms with E-state index in [1.807, 2.05) is 41.0 Å². The summed E-state index contributed by atoms with van der Waals surface area (Å²) < 4.78 is 58.8. The van der Waals surface area contributed by atoms with Crippen LogP contribution in [0.25, 0.3) is 0 Å². The van der Waals surface area contributed by atoms with E-state index in [9.17, 15) is 32.4 Å². The van der Waals surface area contributed by atoms with E-state index in [0.29, 0.717) is 12.1 Å². The van der Waals surface area contributed by atoms with Gasteiger partial charge in [-0.25, -0.2) is 13.9 Å². The molecule has 3 N–H and O–H groups in total. The van der Waals surface area contributed by atoms with E-state index in [-0.39, 0.29) is 40.9 Å². The Morgan fingerprint density at radius 2 is 2.03 bits per heavy atom. The number of nitrogens with two attached hydrogens (primary N) is 1. The maximum absolute atomic E-state index is 12.9. The van der Waals surface area contributed by atoms with Crippen molar-refractivity contribution in [2.75, 3.05) is 13.7 Å². The van der Waals surface area contributed by atoms with Gasteiger partial charge in [0.1, 0.15) is 42.9 Å². The number of phenols is 1. The number of aromatic nitrogens is 2. The summed E-state index contributed by atoms with van der Waals surface area (Å²) in [4.78, 5) is 12.9. The fourth-order valence-electron chi connectivity index (χ4n) is 3.31. The molecule has 14 heteroatoms. The molecule has 0 saturated carbocycles. The molecule has 2 aromatic rings. The van der Waals surface area contributed by atoms with Crippen molar-refractivity contribution < 1.29 is 45.9 Å². The summed E-state index contributed by atoms with van der Waals surface area (Å²) >= 11 is 0. The molecule has 1 aliphatic rings. The lowest BCUT2D eigenvalue weighted by molar-refractivity contribution is -0.671. The number of nitrogens with zero attached hydrogens (tertiary/aromatic N) is 3. The fraction of sp³-hybridized carbons (Fsp3) is 0.286. The van der Waals surface area contributed by atoms with Gasteiger partial charge in [0, 0.05) is 0 Å². The standard InChI is InChI=1S/C21H22N4O5.BF4/c1-13-18(21(27)29-9-8-25-7-6-24(2)12-25)19(15(11-22)20(23)30-13)14-4-5-16(26)17(10-14)28-3;2-1(3,4)5/h4-7,10,12,19H,8-9,23H2,1-3H3;/q;-1/p+1. The summed E-state index contributed by atoms with van der Waals surface area (Å²) in [6.45, 7) is 2.20. The molecule has 0 radical (unpaired) electrons. The third kappa shape index (κ3) is 7.43. The van der Waals surface area contributed by atoms with Crippen LogP contribution in [0.2, 0.25) is 0 Å². The Labute approximate surface area is 198 Å². The number of carbonyl (C=O) groups excluding carboxylic acids is 1. The topological polar surface area (TPSA) is 124 Å². The van der Waals surface area contributed by atoms with Crippen LogP contribution in [0.5, 0.6) is 11.5 Å². The van der Waals surface area contributed by atoms with E-state index >= 15 is 0 Å². The highest BCUT2D eigenvalue weighted by Gasteiger charge is 2.36. The summed E-state index contributed by atoms with van der Waals surface area (Å²) in [6.07, 6.45) is 5.61. The monoisotopic (exact) mass is 498 g/mol. The van der Waals surface area contributed by atoms with Crippen LogP contribution in [0.1, 0.15) is 18.4 Å². The molecule has 1 aliphatic heterocycles. The summed E-state index contributed by atoms with van der Waals surface area (Å²) in [6, 6.07) is 6.60. The van der Waals surface area contributed by atoms with Crippen molar-refractivity contribution >= 4 is 13.2 Å². The van der Waals surface area contributed by atoms with Crippen molar-refractivity contribution in [2.45, 2.75) is 19.4 Å². The van der Waals surface area contributed by atoms with E-state index in [0.717, 1.165) is 0 Å². The number of benzene rings is 1. The zero-order valence-corrected chi connectivity index (χ0v) is 19.0. The summed E-state index contributed by atoms with van der Waals surface area (Å²) in [5.41, 5.74) is 6.70. The maximum atomic E-state index is 12.9. The lowest BCUT2D eigenvalue weighted by atomic mass is 9.83. The first-order valence-electron chi connectivity index (χ1n) is 10.1. The van der Waals surface area contributed by atoms with E-state index in [2.05, 4.69) is 0 Å². The second kappa shape index (κ2) is 11.3. The highest BCUT2D eigenvalue weighted by Crippen LogP contribution is 2.41. The quantitative estimate of drug-likeness (QED) is 0.272. The van der Waals surface area contributed by atoms with Gasteiger partial charge in [-0.15, -0.1) is 0 Å². The molecule has 0 fully saturated rings. The molecule has 0 spiro atoms. The van der Waals surface area contributed by atoms with E-state index in [4.69, 9.17) is 19.9 Å². The first-order chi connectivity index (χ1) is 16.3. The van der Waals surface area contributed by atoms with Crippen molar-refractivity contribution in [3.63, 3.8) is 0 Å². The normalized spacial score (nSPS) is 15.5. The van der Waals surface area contributed by atoms with Crippen LogP contribution in [-0.4, -0.2) is 36.6 Å². The number of methoxy groups -OCH3 is 1. The van der Waals surface area contributed by atoms with Crippen LogP contribution in [0.4, 0.5) is 17.3 Å². The van der Waals surface area contributed by atoms with Crippen molar-refractivity contribution in [2.24, 2.45) is 12.8 Å². The molecule has 3 rings (SSSR count). The second-order valence-corrected chi connectivity index (χ2v) is 7.27. The Balaban J connectivity index is 0.000000784. The molecule has 1 aromatic carbocycles. The highest BCUT2D eigenvalue weighted by atomic mass is 19.5. The van der Waals surface area contributed by atoms with Crippen LogP contribution in [0, 0.1) is 11.3 Å². The molecule has 35 heavy (non-hydrogen) atoms. The highest BCUT2D eigenvalue weighted by molar-refractivity contribution is 6.50. The molecule has 0 amide bonds. The number of aryl methyl sites for hydroxylation is 1. The Bertz CT molecular complexity index is 1180. The van der Waals surface area contributed by atoms with Crippen LogP contribution in [0.3, 0.4) is 0 Å². The van der Waals surface area contributed by atoms with Gasteiger partial charge in [-0.2, -0.15) is 5.26 Å². The SMILES string of the molecule is COc1cc(C2C(C#N)=C(N)OC(C)=C2C(=O)OCCn2cc[n+](C)c2)ccc1O.F[B-](F)(F)F. The van der Waals surface area contributed by atoms with Gasteiger partial charge >= 0.3 is 13.2 Å². The molecule has 0 saturated heterocycles. The number of carbonyl (C=O) groups is 1. The number of halogens is 4. The lowest BCUT2D eigenvalue weighted by Crippen LogP contribution is -2.26. The zero-order chi connectivity index (χ0) is 26.3. The summed E-state index contributed by atoms with van der Waals surface area (Å²) in [5, 5.41) is 19.6. The number of imidazole rings is 1. The Morgan fingerprint density at radius 3 is 2.57 bits per heavy atom. The Hall–Kier alpha value is -4.15. The predicted octanol–water partition coefficient (Wildman–Crippen LogP) is 2.65. The van der Waals surface area contributed by atoms with Crippen LogP contribution in [0.15, 0.2) is 59.7 Å². The smallest absolute Gasteiger partial charge is 0.504 e. The van der Waals surface area contributed by atoms with Gasteiger partial charge in [0.15, 0.2) is 11.5 Å². The number of allylic oxidation sites excluding steroid dienone is 2. The molecular formula is C21H23BF4N4O5. The van der Waals surface area contributed by atoms with Gasteiger partial charge in [-0.1, -0.05) is 6.07 Å². The predicted molar refractivity (Wildman–Crippen MR) is 115 cm³/mol. The van der Waals surface area contributed by atoms with Gasteiger partial charge in [-0.3, -0.25) is 0 Å². The lowest BCUT2D eigenvalue weighted by Gasteiger charge is -2.27. The van der Waals surface area contributed by atoms with Gasteiger partial charge in [0.05, 0.1) is 25.6 Å². The molecule has 0 bridgehead atoms.